The predicted molar refractivity (Wildman–Crippen MR) is 86.2 cm³/mol. The molecule has 22 heavy (non-hydrogen) atoms. The highest BCUT2D eigenvalue weighted by atomic mass is 16.2. The summed E-state index contributed by atoms with van der Waals surface area (Å²) in [7, 11) is 0. The van der Waals surface area contributed by atoms with E-state index >= 15 is 0 Å². The second kappa shape index (κ2) is 7.17. The quantitative estimate of drug-likeness (QED) is 0.796. The van der Waals surface area contributed by atoms with E-state index in [9.17, 15) is 4.79 Å². The van der Waals surface area contributed by atoms with E-state index in [0.29, 0.717) is 24.8 Å². The largest absolute Gasteiger partial charge is 0.349 e. The Morgan fingerprint density at radius 3 is 2.77 bits per heavy atom. The standard InChI is InChI=1S/C16H23N5O/c1-11(2)13-7-4-5-8-14(13)21-12(3)19-15(20-21)16(22)18-10-6-9-17/h4-5,7-8,11H,6,9-10,17H2,1-3H3,(H,18,22). The van der Waals surface area contributed by atoms with Crippen molar-refractivity contribution in [3.8, 4) is 5.69 Å². The summed E-state index contributed by atoms with van der Waals surface area (Å²) in [5, 5.41) is 7.14. The van der Waals surface area contributed by atoms with Crippen LogP contribution in [0, 0.1) is 6.92 Å². The fourth-order valence-electron chi connectivity index (χ4n) is 2.27. The number of carbonyl (C=O) groups is 1. The van der Waals surface area contributed by atoms with Crippen molar-refractivity contribution in [1.29, 1.82) is 0 Å². The molecule has 2 aromatic rings. The number of hydrogen-bond acceptors (Lipinski definition) is 4. The van der Waals surface area contributed by atoms with Crippen LogP contribution in [0.5, 0.6) is 0 Å². The fourth-order valence-corrected chi connectivity index (χ4v) is 2.27. The topological polar surface area (TPSA) is 85.8 Å². The summed E-state index contributed by atoms with van der Waals surface area (Å²) in [6, 6.07) is 8.03. The summed E-state index contributed by atoms with van der Waals surface area (Å²) in [6.07, 6.45) is 0.738. The number of aromatic nitrogens is 3. The maximum atomic E-state index is 12.0. The predicted octanol–water partition coefficient (Wildman–Crippen LogP) is 1.78. The van der Waals surface area contributed by atoms with Crippen LogP contribution >= 0.6 is 0 Å². The Morgan fingerprint density at radius 2 is 2.09 bits per heavy atom. The Hall–Kier alpha value is -2.21. The maximum absolute atomic E-state index is 12.0. The molecular weight excluding hydrogens is 278 g/mol. The van der Waals surface area contributed by atoms with Crippen molar-refractivity contribution in [3.63, 3.8) is 0 Å². The minimum atomic E-state index is -0.266. The van der Waals surface area contributed by atoms with Crippen LogP contribution in [0.1, 0.15) is 48.2 Å². The third kappa shape index (κ3) is 3.51. The van der Waals surface area contributed by atoms with Gasteiger partial charge in [-0.3, -0.25) is 4.79 Å². The Bertz CT molecular complexity index is 648. The lowest BCUT2D eigenvalue weighted by molar-refractivity contribution is 0.0943. The first-order valence-electron chi connectivity index (χ1n) is 7.55. The van der Waals surface area contributed by atoms with Gasteiger partial charge in [0.25, 0.3) is 5.91 Å². The second-order valence-corrected chi connectivity index (χ2v) is 5.51. The van der Waals surface area contributed by atoms with E-state index in [0.717, 1.165) is 12.1 Å². The Balaban J connectivity index is 2.29. The zero-order valence-electron chi connectivity index (χ0n) is 13.3. The first kappa shape index (κ1) is 16.2. The lowest BCUT2D eigenvalue weighted by Crippen LogP contribution is -2.27. The SMILES string of the molecule is Cc1nc(C(=O)NCCCN)nn1-c1ccccc1C(C)C. The summed E-state index contributed by atoms with van der Waals surface area (Å²) in [5.41, 5.74) is 7.55. The second-order valence-electron chi connectivity index (χ2n) is 5.51. The van der Waals surface area contributed by atoms with E-state index in [1.54, 1.807) is 4.68 Å². The Labute approximate surface area is 130 Å². The van der Waals surface area contributed by atoms with E-state index in [-0.39, 0.29) is 11.7 Å². The van der Waals surface area contributed by atoms with Crippen LogP contribution < -0.4 is 11.1 Å². The van der Waals surface area contributed by atoms with Crippen LogP contribution in [0.3, 0.4) is 0 Å². The van der Waals surface area contributed by atoms with Gasteiger partial charge in [-0.1, -0.05) is 32.0 Å². The van der Waals surface area contributed by atoms with Crippen LogP contribution in [0.4, 0.5) is 0 Å². The van der Waals surface area contributed by atoms with Gasteiger partial charge in [0.1, 0.15) is 5.82 Å². The summed E-state index contributed by atoms with van der Waals surface area (Å²) < 4.78 is 1.73. The van der Waals surface area contributed by atoms with Gasteiger partial charge in [0.05, 0.1) is 5.69 Å². The van der Waals surface area contributed by atoms with Crippen molar-refractivity contribution in [2.75, 3.05) is 13.1 Å². The molecule has 0 atom stereocenters. The molecule has 0 fully saturated rings. The molecule has 0 aliphatic rings. The van der Waals surface area contributed by atoms with Gasteiger partial charge in [0.15, 0.2) is 0 Å². The zero-order chi connectivity index (χ0) is 16.1. The van der Waals surface area contributed by atoms with Crippen LogP contribution in [-0.2, 0) is 0 Å². The molecule has 0 aliphatic carbocycles. The summed E-state index contributed by atoms with van der Waals surface area (Å²) in [5.74, 6) is 0.976. The first-order chi connectivity index (χ1) is 10.5. The number of para-hydroxylation sites is 1. The number of nitrogens with zero attached hydrogens (tertiary/aromatic N) is 3. The van der Waals surface area contributed by atoms with Crippen LogP contribution in [0.15, 0.2) is 24.3 Å². The molecule has 3 N–H and O–H groups in total. The number of nitrogens with one attached hydrogen (secondary N) is 1. The van der Waals surface area contributed by atoms with Crippen molar-refractivity contribution in [1.82, 2.24) is 20.1 Å². The lowest BCUT2D eigenvalue weighted by atomic mass is 10.0. The molecule has 1 heterocycles. The number of aryl methyl sites for hydroxylation is 1. The van der Waals surface area contributed by atoms with Gasteiger partial charge in [0, 0.05) is 6.54 Å². The number of benzene rings is 1. The van der Waals surface area contributed by atoms with Crippen molar-refractivity contribution in [2.45, 2.75) is 33.1 Å². The highest BCUT2D eigenvalue weighted by molar-refractivity contribution is 5.90. The highest BCUT2D eigenvalue weighted by Gasteiger charge is 2.17. The zero-order valence-corrected chi connectivity index (χ0v) is 13.3. The van der Waals surface area contributed by atoms with Gasteiger partial charge in [-0.25, -0.2) is 9.67 Å². The van der Waals surface area contributed by atoms with E-state index in [4.69, 9.17) is 5.73 Å². The molecule has 6 heteroatoms. The number of rotatable bonds is 6. The molecular formula is C16H23N5O. The highest BCUT2D eigenvalue weighted by Crippen LogP contribution is 2.23. The average Bonchev–Trinajstić information content (AvgIpc) is 2.89. The van der Waals surface area contributed by atoms with Crippen LogP contribution in [-0.4, -0.2) is 33.8 Å². The van der Waals surface area contributed by atoms with Gasteiger partial charge >= 0.3 is 0 Å². The van der Waals surface area contributed by atoms with Gasteiger partial charge < -0.3 is 11.1 Å². The van der Waals surface area contributed by atoms with E-state index < -0.39 is 0 Å². The normalized spacial score (nSPS) is 11.0. The Morgan fingerprint density at radius 1 is 1.36 bits per heavy atom. The summed E-state index contributed by atoms with van der Waals surface area (Å²) >= 11 is 0. The average molecular weight is 301 g/mol. The minimum Gasteiger partial charge on any atom is -0.349 e. The van der Waals surface area contributed by atoms with Crippen molar-refractivity contribution >= 4 is 5.91 Å². The fraction of sp³-hybridized carbons (Fsp3) is 0.438. The smallest absolute Gasteiger partial charge is 0.290 e. The van der Waals surface area contributed by atoms with Crippen LogP contribution in [0.25, 0.3) is 5.69 Å². The third-order valence-electron chi connectivity index (χ3n) is 3.43. The maximum Gasteiger partial charge on any atom is 0.290 e. The molecule has 1 amide bonds. The van der Waals surface area contributed by atoms with Gasteiger partial charge in [-0.2, -0.15) is 0 Å². The van der Waals surface area contributed by atoms with Gasteiger partial charge in [-0.05, 0) is 37.4 Å². The van der Waals surface area contributed by atoms with Crippen molar-refractivity contribution < 1.29 is 4.79 Å². The Kier molecular flexibility index (Phi) is 5.27. The third-order valence-corrected chi connectivity index (χ3v) is 3.43. The molecule has 0 saturated carbocycles. The first-order valence-corrected chi connectivity index (χ1v) is 7.55. The molecule has 118 valence electrons. The monoisotopic (exact) mass is 301 g/mol. The molecule has 0 unspecified atom stereocenters. The number of carbonyl (C=O) groups excluding carboxylic acids is 1. The molecule has 1 aromatic heterocycles. The number of hydrogen-bond donors (Lipinski definition) is 2. The van der Waals surface area contributed by atoms with Gasteiger partial charge in [0.2, 0.25) is 5.82 Å². The molecule has 2 rings (SSSR count). The molecule has 0 radical (unpaired) electrons. The van der Waals surface area contributed by atoms with E-state index in [1.165, 1.54) is 5.56 Å². The summed E-state index contributed by atoms with van der Waals surface area (Å²) in [6.45, 7) is 7.19. The van der Waals surface area contributed by atoms with Gasteiger partial charge in [-0.15, -0.1) is 5.10 Å². The number of amides is 1. The number of nitrogens with two attached hydrogens (primary N) is 1. The molecule has 0 spiro atoms. The van der Waals surface area contributed by atoms with E-state index in [2.05, 4.69) is 35.3 Å². The van der Waals surface area contributed by atoms with Crippen LogP contribution in [0.2, 0.25) is 0 Å². The minimum absolute atomic E-state index is 0.188. The molecule has 0 saturated heterocycles. The molecule has 6 nitrogen and oxygen atoms in total. The lowest BCUT2D eigenvalue weighted by Gasteiger charge is -2.12. The molecule has 0 aliphatic heterocycles. The summed E-state index contributed by atoms with van der Waals surface area (Å²) in [4.78, 5) is 16.3. The molecule has 0 bridgehead atoms. The van der Waals surface area contributed by atoms with Crippen molar-refractivity contribution in [3.05, 3.63) is 41.5 Å². The van der Waals surface area contributed by atoms with E-state index in [1.807, 2.05) is 25.1 Å². The molecule has 1 aromatic carbocycles. The van der Waals surface area contributed by atoms with Crippen molar-refractivity contribution in [2.24, 2.45) is 5.73 Å².